The van der Waals surface area contributed by atoms with E-state index in [0.29, 0.717) is 24.4 Å². The highest BCUT2D eigenvalue weighted by Gasteiger charge is 2.37. The summed E-state index contributed by atoms with van der Waals surface area (Å²) in [5.74, 6) is 0.639. The molecular weight excluding hydrogens is 236 g/mol. The molecule has 2 aliphatic heterocycles. The first-order chi connectivity index (χ1) is 9.13. The van der Waals surface area contributed by atoms with E-state index in [1.165, 1.54) is 16.7 Å². The van der Waals surface area contributed by atoms with Gasteiger partial charge in [-0.25, -0.2) is 0 Å². The van der Waals surface area contributed by atoms with E-state index < -0.39 is 0 Å². The molecule has 0 aromatic heterocycles. The van der Waals surface area contributed by atoms with Gasteiger partial charge in [-0.3, -0.25) is 4.79 Å². The molecule has 0 spiro atoms. The van der Waals surface area contributed by atoms with E-state index in [1.54, 1.807) is 0 Å². The first-order valence-corrected chi connectivity index (χ1v) is 7.36. The largest absolute Gasteiger partial charge is 0.375 e. The van der Waals surface area contributed by atoms with Crippen LogP contribution in [0.3, 0.4) is 0 Å². The van der Waals surface area contributed by atoms with Crippen LogP contribution in [0.2, 0.25) is 0 Å². The Bertz CT molecular complexity index is 480. The van der Waals surface area contributed by atoms with Crippen LogP contribution in [0.4, 0.5) is 0 Å². The predicted molar refractivity (Wildman–Crippen MR) is 75.2 cm³/mol. The Labute approximate surface area is 115 Å². The van der Waals surface area contributed by atoms with Crippen molar-refractivity contribution in [2.24, 2.45) is 5.92 Å². The van der Waals surface area contributed by atoms with Crippen LogP contribution in [-0.2, 0) is 16.0 Å². The van der Waals surface area contributed by atoms with E-state index >= 15 is 0 Å². The van der Waals surface area contributed by atoms with Crippen LogP contribution in [0.15, 0.2) is 18.2 Å². The van der Waals surface area contributed by atoms with Crippen LogP contribution in [0.1, 0.15) is 42.4 Å². The van der Waals surface area contributed by atoms with Crippen LogP contribution >= 0.6 is 0 Å². The van der Waals surface area contributed by atoms with Crippen molar-refractivity contribution in [3.8, 4) is 0 Å². The normalized spacial score (nSPS) is 29.5. The molecule has 0 radical (unpaired) electrons. The van der Waals surface area contributed by atoms with E-state index in [-0.39, 0.29) is 5.92 Å². The van der Waals surface area contributed by atoms with E-state index in [4.69, 9.17) is 4.74 Å². The monoisotopic (exact) mass is 258 g/mol. The number of Topliss-reactive ketones (excluding diaryl/α,β-unsaturated/α-hetero) is 1. The summed E-state index contributed by atoms with van der Waals surface area (Å²) >= 11 is 0. The summed E-state index contributed by atoms with van der Waals surface area (Å²) in [4.78, 5) is 12.5. The zero-order valence-corrected chi connectivity index (χ0v) is 11.8. The highest BCUT2D eigenvalue weighted by Crippen LogP contribution is 2.36. The average Bonchev–Trinajstić information content (AvgIpc) is 2.73. The van der Waals surface area contributed by atoms with Gasteiger partial charge < -0.3 is 4.74 Å². The van der Waals surface area contributed by atoms with Crippen LogP contribution in [0.25, 0.3) is 0 Å². The third-order valence-corrected chi connectivity index (χ3v) is 4.83. The first-order valence-electron chi connectivity index (χ1n) is 7.36. The summed E-state index contributed by atoms with van der Waals surface area (Å²) in [6, 6.07) is 6.25. The number of fused-ring (bicyclic) bond motifs is 2. The molecule has 2 nitrogen and oxygen atoms in total. The number of carbonyl (C=O) groups is 1. The standard InChI is InChI=1S/C17H22O2/c1-11-4-3-5-13(12(11)2)10-17(18)14-8-15-6-7-16(9-14)19-15/h3-5,14-16H,6-10H2,1-2H3. The molecule has 2 aliphatic rings. The minimum atomic E-state index is 0.228. The number of ketones is 1. The molecule has 0 aliphatic carbocycles. The Balaban J connectivity index is 1.69. The van der Waals surface area contributed by atoms with Gasteiger partial charge in [0.25, 0.3) is 0 Å². The quantitative estimate of drug-likeness (QED) is 0.831. The molecule has 0 saturated carbocycles. The minimum absolute atomic E-state index is 0.228. The van der Waals surface area contributed by atoms with Gasteiger partial charge in [-0.1, -0.05) is 18.2 Å². The van der Waals surface area contributed by atoms with Crippen molar-refractivity contribution >= 4 is 5.78 Å². The van der Waals surface area contributed by atoms with Gasteiger partial charge in [0.15, 0.2) is 0 Å². The Hall–Kier alpha value is -1.15. The Morgan fingerprint density at radius 3 is 2.58 bits per heavy atom. The fourth-order valence-corrected chi connectivity index (χ4v) is 3.46. The molecule has 2 unspecified atom stereocenters. The van der Waals surface area contributed by atoms with Crippen molar-refractivity contribution < 1.29 is 9.53 Å². The number of carbonyl (C=O) groups excluding carboxylic acids is 1. The fourth-order valence-electron chi connectivity index (χ4n) is 3.46. The van der Waals surface area contributed by atoms with Gasteiger partial charge in [-0.2, -0.15) is 0 Å². The second-order valence-corrected chi connectivity index (χ2v) is 6.13. The molecule has 2 bridgehead atoms. The highest BCUT2D eigenvalue weighted by atomic mass is 16.5. The van der Waals surface area contributed by atoms with E-state index in [9.17, 15) is 4.79 Å². The SMILES string of the molecule is Cc1cccc(CC(=O)C2CC3CCC(C2)O3)c1C. The summed E-state index contributed by atoms with van der Waals surface area (Å²) in [6.45, 7) is 4.23. The van der Waals surface area contributed by atoms with Crippen molar-refractivity contribution in [2.75, 3.05) is 0 Å². The molecule has 1 aromatic carbocycles. The van der Waals surface area contributed by atoms with Gasteiger partial charge in [0, 0.05) is 12.3 Å². The zero-order valence-electron chi connectivity index (χ0n) is 11.8. The molecule has 0 amide bonds. The van der Waals surface area contributed by atoms with E-state index in [0.717, 1.165) is 25.7 Å². The second-order valence-electron chi connectivity index (χ2n) is 6.13. The maximum Gasteiger partial charge on any atom is 0.140 e. The number of hydrogen-bond donors (Lipinski definition) is 0. The Morgan fingerprint density at radius 2 is 1.89 bits per heavy atom. The van der Waals surface area contributed by atoms with Gasteiger partial charge in [0.2, 0.25) is 0 Å². The van der Waals surface area contributed by atoms with Crippen molar-refractivity contribution in [2.45, 2.75) is 58.2 Å². The van der Waals surface area contributed by atoms with Gasteiger partial charge in [-0.05, 0) is 56.2 Å². The van der Waals surface area contributed by atoms with Gasteiger partial charge in [-0.15, -0.1) is 0 Å². The van der Waals surface area contributed by atoms with Gasteiger partial charge in [0.1, 0.15) is 5.78 Å². The average molecular weight is 258 g/mol. The number of benzene rings is 1. The smallest absolute Gasteiger partial charge is 0.140 e. The van der Waals surface area contributed by atoms with Crippen LogP contribution in [0, 0.1) is 19.8 Å². The lowest BCUT2D eigenvalue weighted by molar-refractivity contribution is -0.127. The van der Waals surface area contributed by atoms with E-state index in [1.807, 2.05) is 0 Å². The van der Waals surface area contributed by atoms with Crippen LogP contribution in [-0.4, -0.2) is 18.0 Å². The first kappa shape index (κ1) is 12.9. The Kier molecular flexibility index (Phi) is 3.44. The molecule has 3 rings (SSSR count). The lowest BCUT2D eigenvalue weighted by atomic mass is 9.87. The van der Waals surface area contributed by atoms with Crippen molar-refractivity contribution in [1.82, 2.24) is 0 Å². The predicted octanol–water partition coefficient (Wildman–Crippen LogP) is 3.37. The lowest BCUT2D eigenvalue weighted by Gasteiger charge is -2.27. The topological polar surface area (TPSA) is 26.3 Å². The molecule has 2 atom stereocenters. The van der Waals surface area contributed by atoms with E-state index in [2.05, 4.69) is 32.0 Å². The summed E-state index contributed by atoms with van der Waals surface area (Å²) in [7, 11) is 0. The molecule has 2 heteroatoms. The minimum Gasteiger partial charge on any atom is -0.375 e. The van der Waals surface area contributed by atoms with Crippen LogP contribution in [0.5, 0.6) is 0 Å². The molecule has 1 aromatic rings. The van der Waals surface area contributed by atoms with Gasteiger partial charge in [0.05, 0.1) is 12.2 Å². The van der Waals surface area contributed by atoms with Crippen molar-refractivity contribution in [1.29, 1.82) is 0 Å². The maximum absolute atomic E-state index is 12.5. The fraction of sp³-hybridized carbons (Fsp3) is 0.588. The van der Waals surface area contributed by atoms with Gasteiger partial charge >= 0.3 is 0 Å². The maximum atomic E-state index is 12.5. The third-order valence-electron chi connectivity index (χ3n) is 4.83. The summed E-state index contributed by atoms with van der Waals surface area (Å²) in [6.07, 6.45) is 5.49. The molecule has 19 heavy (non-hydrogen) atoms. The van der Waals surface area contributed by atoms with Crippen molar-refractivity contribution in [3.05, 3.63) is 34.9 Å². The third kappa shape index (κ3) is 2.59. The number of hydrogen-bond acceptors (Lipinski definition) is 2. The number of rotatable bonds is 3. The second kappa shape index (κ2) is 5.09. The zero-order chi connectivity index (χ0) is 13.4. The molecule has 102 valence electrons. The lowest BCUT2D eigenvalue weighted by Crippen LogP contribution is -2.30. The molecule has 0 N–H and O–H groups in total. The molecular formula is C17H22O2. The summed E-state index contributed by atoms with van der Waals surface area (Å²) in [5.41, 5.74) is 3.74. The summed E-state index contributed by atoms with van der Waals surface area (Å²) in [5, 5.41) is 0. The van der Waals surface area contributed by atoms with Crippen LogP contribution < -0.4 is 0 Å². The molecule has 2 heterocycles. The molecule has 2 saturated heterocycles. The summed E-state index contributed by atoms with van der Waals surface area (Å²) < 4.78 is 5.82. The number of ether oxygens (including phenoxy) is 1. The van der Waals surface area contributed by atoms with Crippen molar-refractivity contribution in [3.63, 3.8) is 0 Å². The molecule has 2 fully saturated rings. The Morgan fingerprint density at radius 1 is 1.21 bits per heavy atom. The number of aryl methyl sites for hydroxylation is 1. The highest BCUT2D eigenvalue weighted by molar-refractivity contribution is 5.83.